The molecule has 0 fully saturated rings. The van der Waals surface area contributed by atoms with Gasteiger partial charge in [-0.25, -0.2) is 22.8 Å². The zero-order chi connectivity index (χ0) is 96.6. The van der Waals surface area contributed by atoms with Crippen LogP contribution >= 0.6 is 11.3 Å². The quantitative estimate of drug-likeness (QED) is 0.0403. The lowest BCUT2D eigenvalue weighted by molar-refractivity contribution is -0.691. The molecule has 0 bridgehead atoms. The number of rotatable bonds is 20. The number of methoxy groups -OCH3 is 1. The van der Waals surface area contributed by atoms with Crippen molar-refractivity contribution in [1.29, 1.82) is 0 Å². The van der Waals surface area contributed by atoms with E-state index in [1.165, 1.54) is 37.3 Å². The van der Waals surface area contributed by atoms with E-state index in [-0.39, 0.29) is 74.3 Å². The molecule has 2 aliphatic rings. The van der Waals surface area contributed by atoms with Crippen molar-refractivity contribution < 1.29 is 36.7 Å². The molecule has 8 aromatic carbocycles. The molecule has 0 radical (unpaired) electrons. The molecule has 0 unspecified atom stereocenters. The Kier molecular flexibility index (Phi) is 47.9. The summed E-state index contributed by atoms with van der Waals surface area (Å²) in [6, 6.07) is 93.2. The first-order valence-electron chi connectivity index (χ1n) is 44.3. The van der Waals surface area contributed by atoms with E-state index >= 15 is 0 Å². The molecule has 15 aromatic rings. The normalized spacial score (nSPS) is 12.0. The number of fused-ring (bicyclic) bond motifs is 3. The Bertz CT molecular complexity index is 6670. The average molecular weight is 1940 g/mol. The van der Waals surface area contributed by atoms with Gasteiger partial charge in [-0.05, 0) is 129 Å². The number of anilines is 7. The fourth-order valence-electron chi connectivity index (χ4n) is 13.9. The molecule has 0 atom stereocenters. The van der Waals surface area contributed by atoms with Gasteiger partial charge in [-0.1, -0.05) is 198 Å². The van der Waals surface area contributed by atoms with E-state index < -0.39 is 0 Å². The van der Waals surface area contributed by atoms with Gasteiger partial charge in [0.2, 0.25) is 5.52 Å². The van der Waals surface area contributed by atoms with Crippen molar-refractivity contribution >= 4 is 105 Å². The van der Waals surface area contributed by atoms with Crippen LogP contribution < -0.4 is 83.1 Å². The summed E-state index contributed by atoms with van der Waals surface area (Å²) in [6.45, 7) is 12.0. The van der Waals surface area contributed by atoms with Gasteiger partial charge in [0.05, 0.1) is 124 Å². The molecular weight excluding hydrogens is 1780 g/mol. The maximum atomic E-state index is 12.0. The molecule has 27 heteroatoms. The van der Waals surface area contributed by atoms with E-state index in [1.807, 2.05) is 366 Å². The van der Waals surface area contributed by atoms with Crippen LogP contribution in [-0.2, 0) is 75.3 Å². The Morgan fingerprint density at radius 1 is 0.380 bits per heavy atom. The van der Waals surface area contributed by atoms with Gasteiger partial charge in [-0.15, -0.1) is 0 Å². The van der Waals surface area contributed by atoms with Gasteiger partial charge in [0.15, 0.2) is 61.0 Å². The van der Waals surface area contributed by atoms with Crippen molar-refractivity contribution in [2.45, 2.75) is 104 Å². The topological polar surface area (TPSA) is 190 Å². The summed E-state index contributed by atoms with van der Waals surface area (Å²) in [7, 11) is 28.3. The lowest BCUT2D eigenvalue weighted by Gasteiger charge is -2.39. The zero-order valence-electron chi connectivity index (χ0n) is 81.1. The van der Waals surface area contributed by atoms with Gasteiger partial charge >= 0.3 is 11.4 Å². The summed E-state index contributed by atoms with van der Waals surface area (Å²) in [5, 5.41) is 45.9. The minimum absolute atomic E-state index is 0. The number of hydrazone groups is 7. The number of benzene rings is 8. The molecule has 9 heterocycles. The summed E-state index contributed by atoms with van der Waals surface area (Å²) in [4.78, 5) is 23.7. The molecule has 746 valence electrons. The largest absolute Gasteiger partial charge is 0.498 e. The average Bonchev–Trinajstić information content (AvgIpc) is 1.57. The minimum Gasteiger partial charge on any atom is -0.497 e. The highest BCUT2D eigenvalue weighted by atomic mass is 32.1. The van der Waals surface area contributed by atoms with Crippen LogP contribution in [0.2, 0.25) is 0 Å². The van der Waals surface area contributed by atoms with Crippen LogP contribution in [0.25, 0.3) is 10.2 Å². The molecule has 0 saturated heterocycles. The minimum atomic E-state index is -0.0775. The first-order chi connectivity index (χ1) is 65.0. The highest BCUT2D eigenvalue weighted by Gasteiger charge is 2.51. The summed E-state index contributed by atoms with van der Waals surface area (Å²) in [5.41, 5.74) is 18.2. The molecule has 2 aliphatic heterocycles. The maximum Gasteiger partial charge on any atom is 0.498 e. The van der Waals surface area contributed by atoms with E-state index in [0.29, 0.717) is 0 Å². The number of aryl methyl sites for hydroxylation is 7. The lowest BCUT2D eigenvalue weighted by atomic mass is 9.73. The molecule has 0 N–H and O–H groups in total. The Hall–Kier alpha value is -15.9. The highest BCUT2D eigenvalue weighted by molar-refractivity contribution is 7.19. The standard InChI is InChI=1S/C19H24N3.C16H16N3S.C15H19N4O.C15H18N3O.C15H16N3.C14H17N4O.C14H16N3.7CH4/c1-18(2)16-8-6-7-9-17(16)22(19(18,3)4)20-14-15-10-12-21(5)13-11-15;1-18-14-10-6-7-11-15(14)20-16(18)12-17-19(2)13-8-4-3-5-9-13;1-12-10-14(18(3)15(20)17(12)2)11-16-19(4)13-8-6-5-7-9-13;1-17-10-8-13(9-11-17)12-16-18(2)14-4-6-15(19-3)7-5-14;1-17-9-6-13(7-10-17)12-16-18-11-8-14-4-2-3-5-15(14)18;1-16-10-9-13(17(2)14(16)19)11-15-18(3)12-7-5-4-6-8-12;1-16-10-8-13(9-11-16)12-15-17(2)14-6-4-3-5-7-14;;;;;;;/h6-14H,1-5H3;3-12H,1-2H3;5-11H,1-4H3;4-12H,1-3H3;2-7,9-10,12H,8,11H2,1H3;4-11H,1-3H3;3-12H,1-2H3;7*1H4/q7*+1;;;;;;;. The number of thiazole rings is 1. The second-order valence-corrected chi connectivity index (χ2v) is 34.4. The molecule has 7 aromatic heterocycles. The molecular formula is C115H154N23O3S+7. The number of hydrogen-bond donors (Lipinski definition) is 0. The smallest absolute Gasteiger partial charge is 0.497 e. The molecule has 0 spiro atoms. The van der Waals surface area contributed by atoms with E-state index in [0.717, 1.165) is 91.5 Å². The van der Waals surface area contributed by atoms with Crippen LogP contribution in [0.1, 0.15) is 135 Å². The first-order valence-corrected chi connectivity index (χ1v) is 45.2. The molecule has 0 amide bonds. The Morgan fingerprint density at radius 3 is 1.20 bits per heavy atom. The van der Waals surface area contributed by atoms with Crippen LogP contribution in [0.3, 0.4) is 0 Å². The highest BCUT2D eigenvalue weighted by Crippen LogP contribution is 2.51. The lowest BCUT2D eigenvalue weighted by Crippen LogP contribution is -2.54. The van der Waals surface area contributed by atoms with Crippen LogP contribution in [0.4, 0.5) is 39.8 Å². The molecule has 142 heavy (non-hydrogen) atoms. The van der Waals surface area contributed by atoms with Crippen LogP contribution in [0, 0.1) is 6.92 Å². The SMILES string of the molecule is C.C.C.C.C.C.C.CN(N=Cc1cc[n+](C)c(=O)n1C)c1ccccc1.CN(N=Cc1cc[n+](C)cc1)c1ccccc1.CN(N=Cc1sc2ccccc2[n+]1C)c1ccccc1.COc1ccc(N(C)N=Cc2cc[n+](C)cc2)cc1.C[n+]1ccc(C=NN2CCc3ccccc32)cc1.C[n+]1ccc(C=NN2c3ccccc3C(C)(C)C2(C)C)cc1.Cc1cc(C=NN(C)c2ccccc2)[n+](C)c(=O)n1C. The fraction of sp³-hybridized carbons (Fsp3) is 0.270. The number of para-hydroxylation sites is 7. The molecule has 0 saturated carbocycles. The summed E-state index contributed by atoms with van der Waals surface area (Å²) in [6.07, 6.45) is 31.8. The number of nitrogens with zero attached hydrogens (tertiary/aromatic N) is 23. The van der Waals surface area contributed by atoms with Crippen molar-refractivity contribution in [1.82, 2.24) is 9.13 Å². The Balaban J connectivity index is 0.000000343. The van der Waals surface area contributed by atoms with E-state index in [4.69, 9.17) is 9.84 Å². The Morgan fingerprint density at radius 2 is 0.754 bits per heavy atom. The second-order valence-electron chi connectivity index (χ2n) is 33.3. The maximum absolute atomic E-state index is 12.0. The number of hydrogen-bond acceptors (Lipinski definition) is 18. The fourth-order valence-corrected chi connectivity index (χ4v) is 14.9. The van der Waals surface area contributed by atoms with Gasteiger partial charge in [0.1, 0.15) is 57.6 Å². The van der Waals surface area contributed by atoms with E-state index in [1.54, 1.807) is 89.0 Å². The van der Waals surface area contributed by atoms with Crippen molar-refractivity contribution in [3.05, 3.63) is 411 Å². The van der Waals surface area contributed by atoms with Gasteiger partial charge in [0, 0.05) is 136 Å². The summed E-state index contributed by atoms with van der Waals surface area (Å²) in [5.74, 6) is 0.844. The van der Waals surface area contributed by atoms with E-state index in [9.17, 15) is 9.59 Å². The van der Waals surface area contributed by atoms with Crippen molar-refractivity contribution in [3.8, 4) is 5.75 Å². The number of ether oxygens (including phenoxy) is 1. The summed E-state index contributed by atoms with van der Waals surface area (Å²) < 4.78 is 22.9. The van der Waals surface area contributed by atoms with Gasteiger partial charge in [0.25, 0.3) is 5.01 Å². The van der Waals surface area contributed by atoms with Crippen LogP contribution in [0.15, 0.2) is 380 Å². The van der Waals surface area contributed by atoms with Crippen molar-refractivity contribution in [3.63, 3.8) is 0 Å². The molecule has 0 aliphatic carbocycles. The molecule has 26 nitrogen and oxygen atoms in total. The monoisotopic (exact) mass is 1940 g/mol. The zero-order valence-corrected chi connectivity index (χ0v) is 81.9. The predicted molar refractivity (Wildman–Crippen MR) is 598 cm³/mol. The third-order valence-electron chi connectivity index (χ3n) is 23.3. The number of pyridine rings is 4. The van der Waals surface area contributed by atoms with Gasteiger partial charge < -0.3 is 4.74 Å². The second kappa shape index (κ2) is 57.5. The molecule has 17 rings (SSSR count). The van der Waals surface area contributed by atoms with Crippen LogP contribution in [-0.4, -0.2) is 107 Å². The van der Waals surface area contributed by atoms with Gasteiger partial charge in [-0.2, -0.15) is 63.6 Å². The van der Waals surface area contributed by atoms with Crippen molar-refractivity contribution in [2.75, 3.05) is 84.0 Å². The van der Waals surface area contributed by atoms with Crippen LogP contribution in [0.5, 0.6) is 5.75 Å². The van der Waals surface area contributed by atoms with E-state index in [2.05, 4.69) is 177 Å². The summed E-state index contributed by atoms with van der Waals surface area (Å²) >= 11 is 1.75. The van der Waals surface area contributed by atoms with Gasteiger partial charge in [-0.3, -0.25) is 35.1 Å². The number of aromatic nitrogens is 9. The Labute approximate surface area is 849 Å². The predicted octanol–water partition coefficient (Wildman–Crippen LogP) is 18.6. The van der Waals surface area contributed by atoms with Crippen molar-refractivity contribution in [2.24, 2.45) is 99.1 Å². The first kappa shape index (κ1) is 118. The third-order valence-corrected chi connectivity index (χ3v) is 24.4. The third kappa shape index (κ3) is 32.9.